The summed E-state index contributed by atoms with van der Waals surface area (Å²) in [4.78, 5) is 30.0. The maximum absolute atomic E-state index is 11.4. The lowest BCUT2D eigenvalue weighted by molar-refractivity contribution is 0.0685. The van der Waals surface area contributed by atoms with Gasteiger partial charge in [-0.1, -0.05) is 0 Å². The molecule has 0 radical (unpaired) electrons. The molecule has 2 N–H and O–H groups in total. The summed E-state index contributed by atoms with van der Waals surface area (Å²) in [6, 6.07) is 0. The van der Waals surface area contributed by atoms with E-state index in [-0.39, 0.29) is 16.4 Å². The number of carbonyl (C=O) groups is 1. The van der Waals surface area contributed by atoms with Crippen LogP contribution in [0.5, 0.6) is 0 Å². The van der Waals surface area contributed by atoms with Gasteiger partial charge in [0.2, 0.25) is 0 Å². The summed E-state index contributed by atoms with van der Waals surface area (Å²) in [5.74, 6) is -1.17. The first-order valence-electron chi connectivity index (χ1n) is 5.00. The van der Waals surface area contributed by atoms with Crippen molar-refractivity contribution in [3.63, 3.8) is 0 Å². The van der Waals surface area contributed by atoms with Crippen LogP contribution in [0.1, 0.15) is 17.4 Å². The van der Waals surface area contributed by atoms with Crippen molar-refractivity contribution in [2.24, 2.45) is 0 Å². The molecule has 0 aliphatic carbocycles. The lowest BCUT2D eigenvalue weighted by Gasteiger charge is -2.03. The van der Waals surface area contributed by atoms with Gasteiger partial charge in [-0.05, 0) is 18.7 Å². The molecule has 0 spiro atoms. The third-order valence-corrected chi connectivity index (χ3v) is 3.08. The molecule has 2 heterocycles. The minimum atomic E-state index is -1.17. The standard InChI is InChI=1S/C9H9N5O3S/c1-2-14-8(17)12-13-9(14)18-6-5(7(15)16)10-3-4-11-6/h3-4H,2H2,1H3,(H,12,17)(H,15,16). The summed E-state index contributed by atoms with van der Waals surface area (Å²) < 4.78 is 1.38. The highest BCUT2D eigenvalue weighted by Gasteiger charge is 2.17. The zero-order valence-electron chi connectivity index (χ0n) is 9.32. The van der Waals surface area contributed by atoms with Crippen molar-refractivity contribution in [2.75, 3.05) is 0 Å². The molecule has 0 bridgehead atoms. The second-order valence-electron chi connectivity index (χ2n) is 3.17. The summed E-state index contributed by atoms with van der Waals surface area (Å²) in [7, 11) is 0. The van der Waals surface area contributed by atoms with E-state index in [0.717, 1.165) is 11.8 Å². The van der Waals surface area contributed by atoms with E-state index in [2.05, 4.69) is 20.2 Å². The average molecular weight is 267 g/mol. The lowest BCUT2D eigenvalue weighted by atomic mass is 10.5. The summed E-state index contributed by atoms with van der Waals surface area (Å²) in [5, 5.41) is 15.6. The summed E-state index contributed by atoms with van der Waals surface area (Å²) in [6.45, 7) is 2.22. The minimum absolute atomic E-state index is 0.166. The molecule has 0 amide bonds. The van der Waals surface area contributed by atoms with E-state index < -0.39 is 5.97 Å². The molecule has 8 nitrogen and oxygen atoms in total. The first-order valence-corrected chi connectivity index (χ1v) is 5.82. The van der Waals surface area contributed by atoms with Crippen LogP contribution in [0.4, 0.5) is 0 Å². The number of carboxylic acids is 1. The number of hydrogen-bond acceptors (Lipinski definition) is 6. The molecule has 0 atom stereocenters. The minimum Gasteiger partial charge on any atom is -0.476 e. The molecule has 0 fully saturated rings. The molecular formula is C9H9N5O3S. The highest BCUT2D eigenvalue weighted by atomic mass is 32.2. The fraction of sp³-hybridized carbons (Fsp3) is 0.222. The first-order chi connectivity index (χ1) is 8.63. The van der Waals surface area contributed by atoms with E-state index in [9.17, 15) is 9.59 Å². The molecule has 0 aliphatic rings. The zero-order valence-corrected chi connectivity index (χ0v) is 10.1. The molecule has 0 aliphatic heterocycles. The number of hydrogen-bond donors (Lipinski definition) is 2. The van der Waals surface area contributed by atoms with E-state index >= 15 is 0 Å². The Hall–Kier alpha value is -2.16. The van der Waals surface area contributed by atoms with Gasteiger partial charge in [0.25, 0.3) is 0 Å². The number of aromatic carboxylic acids is 1. The maximum Gasteiger partial charge on any atom is 0.357 e. The number of aromatic amines is 1. The molecule has 18 heavy (non-hydrogen) atoms. The van der Waals surface area contributed by atoms with Crippen LogP contribution in [0.2, 0.25) is 0 Å². The molecular weight excluding hydrogens is 258 g/mol. The Bertz CT molecular complexity index is 635. The van der Waals surface area contributed by atoms with Gasteiger partial charge in [-0.15, -0.1) is 5.10 Å². The van der Waals surface area contributed by atoms with Gasteiger partial charge in [-0.25, -0.2) is 24.7 Å². The van der Waals surface area contributed by atoms with Gasteiger partial charge in [0.15, 0.2) is 10.9 Å². The van der Waals surface area contributed by atoms with Crippen LogP contribution in [0.25, 0.3) is 0 Å². The van der Waals surface area contributed by atoms with Crippen molar-refractivity contribution in [3.8, 4) is 0 Å². The molecule has 2 aromatic rings. The van der Waals surface area contributed by atoms with Crippen LogP contribution in [-0.2, 0) is 6.54 Å². The summed E-state index contributed by atoms with van der Waals surface area (Å²) >= 11 is 0.981. The number of carboxylic acid groups (broad SMARTS) is 1. The van der Waals surface area contributed by atoms with Crippen LogP contribution < -0.4 is 5.69 Å². The van der Waals surface area contributed by atoms with Gasteiger partial charge in [0.1, 0.15) is 5.03 Å². The molecule has 9 heteroatoms. The Morgan fingerprint density at radius 2 is 2.22 bits per heavy atom. The Kier molecular flexibility index (Phi) is 3.42. The largest absolute Gasteiger partial charge is 0.476 e. The molecule has 2 aromatic heterocycles. The maximum atomic E-state index is 11.4. The fourth-order valence-electron chi connectivity index (χ4n) is 1.29. The topological polar surface area (TPSA) is 114 Å². The number of H-pyrrole nitrogens is 1. The van der Waals surface area contributed by atoms with Crippen molar-refractivity contribution in [2.45, 2.75) is 23.7 Å². The third-order valence-electron chi connectivity index (χ3n) is 2.09. The molecule has 0 saturated carbocycles. The lowest BCUT2D eigenvalue weighted by Crippen LogP contribution is -2.16. The Balaban J connectivity index is 2.40. The van der Waals surface area contributed by atoms with E-state index in [1.165, 1.54) is 17.0 Å². The summed E-state index contributed by atoms with van der Waals surface area (Å²) in [5.41, 5.74) is -0.513. The number of nitrogens with zero attached hydrogens (tertiary/aromatic N) is 4. The van der Waals surface area contributed by atoms with E-state index in [0.29, 0.717) is 11.7 Å². The van der Waals surface area contributed by atoms with Gasteiger partial charge in [0, 0.05) is 18.9 Å². The average Bonchev–Trinajstić information content (AvgIpc) is 2.70. The predicted octanol–water partition coefficient (Wildman–Crippen LogP) is 0.231. The van der Waals surface area contributed by atoms with Gasteiger partial charge in [-0.2, -0.15) is 0 Å². The van der Waals surface area contributed by atoms with Gasteiger partial charge >= 0.3 is 11.7 Å². The highest BCUT2D eigenvalue weighted by Crippen LogP contribution is 2.24. The zero-order chi connectivity index (χ0) is 13.1. The van der Waals surface area contributed by atoms with E-state index in [1.807, 2.05) is 0 Å². The van der Waals surface area contributed by atoms with Crippen molar-refractivity contribution in [1.29, 1.82) is 0 Å². The number of rotatable bonds is 4. The van der Waals surface area contributed by atoms with Crippen molar-refractivity contribution < 1.29 is 9.90 Å². The van der Waals surface area contributed by atoms with Crippen LogP contribution in [-0.4, -0.2) is 35.8 Å². The highest BCUT2D eigenvalue weighted by molar-refractivity contribution is 7.99. The van der Waals surface area contributed by atoms with Gasteiger partial charge < -0.3 is 5.11 Å². The second kappa shape index (κ2) is 5.00. The molecule has 2 rings (SSSR count). The molecule has 0 saturated heterocycles. The quantitative estimate of drug-likeness (QED) is 0.815. The third kappa shape index (κ3) is 2.25. The SMILES string of the molecule is CCn1c(Sc2nccnc2C(=O)O)n[nH]c1=O. The van der Waals surface area contributed by atoms with Crippen LogP contribution in [0.3, 0.4) is 0 Å². The summed E-state index contributed by atoms with van der Waals surface area (Å²) in [6.07, 6.45) is 2.68. The van der Waals surface area contributed by atoms with Crippen molar-refractivity contribution in [3.05, 3.63) is 28.6 Å². The smallest absolute Gasteiger partial charge is 0.357 e. The van der Waals surface area contributed by atoms with Crippen LogP contribution >= 0.6 is 11.8 Å². The van der Waals surface area contributed by atoms with E-state index in [1.54, 1.807) is 6.92 Å². The first kappa shape index (κ1) is 12.3. The van der Waals surface area contributed by atoms with Crippen LogP contribution in [0.15, 0.2) is 27.4 Å². The predicted molar refractivity (Wildman–Crippen MR) is 61.6 cm³/mol. The van der Waals surface area contributed by atoms with E-state index in [4.69, 9.17) is 5.11 Å². The molecule has 0 unspecified atom stereocenters. The number of aromatic nitrogens is 5. The van der Waals surface area contributed by atoms with Gasteiger partial charge in [-0.3, -0.25) is 4.57 Å². The van der Waals surface area contributed by atoms with Crippen molar-refractivity contribution >= 4 is 17.7 Å². The van der Waals surface area contributed by atoms with Crippen molar-refractivity contribution in [1.82, 2.24) is 24.7 Å². The Labute approximate surface area is 105 Å². The van der Waals surface area contributed by atoms with Gasteiger partial charge in [0.05, 0.1) is 0 Å². The Morgan fingerprint density at radius 1 is 1.50 bits per heavy atom. The second-order valence-corrected chi connectivity index (χ2v) is 4.13. The monoisotopic (exact) mass is 267 g/mol. The fourth-order valence-corrected chi connectivity index (χ4v) is 2.23. The number of nitrogens with one attached hydrogen (secondary N) is 1. The Morgan fingerprint density at radius 3 is 2.89 bits per heavy atom. The van der Waals surface area contributed by atoms with Crippen LogP contribution in [0, 0.1) is 0 Å². The normalized spacial score (nSPS) is 10.5. The molecule has 94 valence electrons. The molecule has 0 aromatic carbocycles.